The lowest BCUT2D eigenvalue weighted by molar-refractivity contribution is 0.0519. The van der Waals surface area contributed by atoms with Crippen LogP contribution in [0.3, 0.4) is 0 Å². The predicted molar refractivity (Wildman–Crippen MR) is 107 cm³/mol. The molecule has 3 nitrogen and oxygen atoms in total. The first-order valence-corrected chi connectivity index (χ1v) is 9.88. The van der Waals surface area contributed by atoms with Crippen molar-refractivity contribution in [1.29, 1.82) is 0 Å². The van der Waals surface area contributed by atoms with Crippen molar-refractivity contribution >= 4 is 23.2 Å². The number of β-amino-alcohol motifs (C(OH)–C–C–N with tert-alkyl or cyclic N) is 1. The second kappa shape index (κ2) is 9.61. The summed E-state index contributed by atoms with van der Waals surface area (Å²) >= 11 is 12.0. The molecule has 5 heteroatoms. The molecule has 1 aliphatic rings. The predicted octanol–water partition coefficient (Wildman–Crippen LogP) is 4.69. The summed E-state index contributed by atoms with van der Waals surface area (Å²) in [4.78, 5) is 2.34. The minimum Gasteiger partial charge on any atom is -0.489 e. The number of hydrogen-bond acceptors (Lipinski definition) is 3. The normalized spacial score (nSPS) is 19.3. The van der Waals surface area contributed by atoms with Gasteiger partial charge in [0.1, 0.15) is 18.5 Å². The van der Waals surface area contributed by atoms with Crippen LogP contribution in [0.5, 0.6) is 5.75 Å². The van der Waals surface area contributed by atoms with Gasteiger partial charge in [-0.3, -0.25) is 0 Å². The van der Waals surface area contributed by atoms with E-state index in [1.165, 1.54) is 18.4 Å². The van der Waals surface area contributed by atoms with E-state index in [9.17, 15) is 5.11 Å². The van der Waals surface area contributed by atoms with Crippen molar-refractivity contribution in [2.75, 3.05) is 26.2 Å². The van der Waals surface area contributed by atoms with Crippen molar-refractivity contribution in [1.82, 2.24) is 4.90 Å². The maximum atomic E-state index is 10.3. The minimum atomic E-state index is -0.544. The smallest absolute Gasteiger partial charge is 0.138 e. The summed E-state index contributed by atoms with van der Waals surface area (Å²) in [6, 6.07) is 15.7. The zero-order valence-electron chi connectivity index (χ0n) is 14.8. The van der Waals surface area contributed by atoms with E-state index in [0.717, 1.165) is 19.5 Å². The Kier molecular flexibility index (Phi) is 7.21. The molecular weight excluding hydrogens is 369 g/mol. The van der Waals surface area contributed by atoms with E-state index in [1.54, 1.807) is 18.2 Å². The van der Waals surface area contributed by atoms with Crippen LogP contribution < -0.4 is 4.74 Å². The van der Waals surface area contributed by atoms with Gasteiger partial charge < -0.3 is 14.7 Å². The van der Waals surface area contributed by atoms with Crippen molar-refractivity contribution in [2.24, 2.45) is 5.92 Å². The molecule has 2 atom stereocenters. The standard InChI is InChI=1S/C21H25Cl2NO2/c22-18-8-9-21(20(23)12-18)26-15-19(25)14-24-10-4-7-17(13-24)11-16-5-2-1-3-6-16/h1-3,5-6,8-9,12,17,19,25H,4,7,10-11,13-15H2. The van der Waals surface area contributed by atoms with Crippen molar-refractivity contribution < 1.29 is 9.84 Å². The molecule has 1 N–H and O–H groups in total. The molecule has 140 valence electrons. The van der Waals surface area contributed by atoms with Gasteiger partial charge in [0.25, 0.3) is 0 Å². The van der Waals surface area contributed by atoms with Gasteiger partial charge in [0.05, 0.1) is 5.02 Å². The minimum absolute atomic E-state index is 0.223. The molecule has 26 heavy (non-hydrogen) atoms. The summed E-state index contributed by atoms with van der Waals surface area (Å²) in [5.74, 6) is 1.20. The number of ether oxygens (including phenoxy) is 1. The van der Waals surface area contributed by atoms with Gasteiger partial charge in [0.15, 0.2) is 0 Å². The molecule has 0 radical (unpaired) electrons. The zero-order chi connectivity index (χ0) is 18.4. The van der Waals surface area contributed by atoms with Crippen LogP contribution in [0.2, 0.25) is 10.0 Å². The van der Waals surface area contributed by atoms with Crippen molar-refractivity contribution in [3.8, 4) is 5.75 Å². The Bertz CT molecular complexity index is 696. The SMILES string of the molecule is OC(COc1ccc(Cl)cc1Cl)CN1CCCC(Cc2ccccc2)C1. The molecule has 2 unspecified atom stereocenters. The fourth-order valence-corrected chi connectivity index (χ4v) is 4.02. The van der Waals surface area contributed by atoms with Crippen molar-refractivity contribution in [2.45, 2.75) is 25.4 Å². The maximum absolute atomic E-state index is 10.3. The summed E-state index contributed by atoms with van der Waals surface area (Å²) in [6.45, 7) is 2.90. The number of hydrogen-bond donors (Lipinski definition) is 1. The third-order valence-corrected chi connectivity index (χ3v) is 5.29. The Morgan fingerprint density at radius 2 is 1.96 bits per heavy atom. The number of benzene rings is 2. The molecule has 1 heterocycles. The number of aliphatic hydroxyl groups excluding tert-OH is 1. The van der Waals surface area contributed by atoms with Crippen LogP contribution in [-0.4, -0.2) is 42.4 Å². The first-order valence-electron chi connectivity index (χ1n) is 9.12. The van der Waals surface area contributed by atoms with E-state index < -0.39 is 6.10 Å². The molecule has 1 saturated heterocycles. The first kappa shape index (κ1) is 19.5. The van der Waals surface area contributed by atoms with E-state index in [-0.39, 0.29) is 6.61 Å². The fraction of sp³-hybridized carbons (Fsp3) is 0.429. The second-order valence-corrected chi connectivity index (χ2v) is 7.84. The highest BCUT2D eigenvalue weighted by Crippen LogP contribution is 2.27. The highest BCUT2D eigenvalue weighted by molar-refractivity contribution is 6.35. The molecule has 2 aromatic rings. The number of halogens is 2. The number of likely N-dealkylation sites (tertiary alicyclic amines) is 1. The average molecular weight is 394 g/mol. The van der Waals surface area contributed by atoms with E-state index in [2.05, 4.69) is 35.2 Å². The molecule has 2 aromatic carbocycles. The van der Waals surface area contributed by atoms with Gasteiger partial charge in [-0.05, 0) is 55.5 Å². The van der Waals surface area contributed by atoms with Crippen molar-refractivity contribution in [3.05, 3.63) is 64.1 Å². The molecule has 0 aliphatic carbocycles. The Morgan fingerprint density at radius 1 is 1.15 bits per heavy atom. The van der Waals surface area contributed by atoms with Gasteiger partial charge in [-0.2, -0.15) is 0 Å². The van der Waals surface area contributed by atoms with Crippen LogP contribution in [-0.2, 0) is 6.42 Å². The fourth-order valence-electron chi connectivity index (χ4n) is 3.56. The molecule has 0 aromatic heterocycles. The highest BCUT2D eigenvalue weighted by Gasteiger charge is 2.22. The molecule has 0 amide bonds. The summed E-state index contributed by atoms with van der Waals surface area (Å²) in [5.41, 5.74) is 1.39. The van der Waals surface area contributed by atoms with Gasteiger partial charge >= 0.3 is 0 Å². The van der Waals surface area contributed by atoms with Gasteiger partial charge in [0.2, 0.25) is 0 Å². The number of rotatable bonds is 7. The molecule has 0 bridgehead atoms. The topological polar surface area (TPSA) is 32.7 Å². The molecule has 1 fully saturated rings. The Hall–Kier alpha value is -1.26. The van der Waals surface area contributed by atoms with E-state index in [0.29, 0.717) is 28.3 Å². The molecular formula is C21H25Cl2NO2. The van der Waals surface area contributed by atoms with Crippen LogP contribution in [0.15, 0.2) is 48.5 Å². The second-order valence-electron chi connectivity index (χ2n) is 7.00. The van der Waals surface area contributed by atoms with Crippen LogP contribution >= 0.6 is 23.2 Å². The number of nitrogens with zero attached hydrogens (tertiary/aromatic N) is 1. The number of aliphatic hydroxyl groups is 1. The third-order valence-electron chi connectivity index (χ3n) is 4.76. The average Bonchev–Trinajstić information content (AvgIpc) is 2.62. The maximum Gasteiger partial charge on any atom is 0.138 e. The molecule has 1 aliphatic heterocycles. The lowest BCUT2D eigenvalue weighted by atomic mass is 9.91. The summed E-state index contributed by atoms with van der Waals surface area (Å²) in [5, 5.41) is 11.4. The van der Waals surface area contributed by atoms with Crippen molar-refractivity contribution in [3.63, 3.8) is 0 Å². The van der Waals surface area contributed by atoms with Crippen LogP contribution in [0, 0.1) is 5.92 Å². The quantitative estimate of drug-likeness (QED) is 0.740. The summed E-state index contributed by atoms with van der Waals surface area (Å²) in [6.07, 6.45) is 2.98. The monoisotopic (exact) mass is 393 g/mol. The number of piperidine rings is 1. The Morgan fingerprint density at radius 3 is 2.73 bits per heavy atom. The molecule has 0 spiro atoms. The zero-order valence-corrected chi connectivity index (χ0v) is 16.3. The van der Waals surface area contributed by atoms with Crippen LogP contribution in [0.1, 0.15) is 18.4 Å². The third kappa shape index (κ3) is 5.88. The lowest BCUT2D eigenvalue weighted by Crippen LogP contribution is -2.42. The van der Waals surface area contributed by atoms with E-state index in [1.807, 2.05) is 0 Å². The van der Waals surface area contributed by atoms with Gasteiger partial charge in [0, 0.05) is 18.1 Å². The summed E-state index contributed by atoms with van der Waals surface area (Å²) in [7, 11) is 0. The van der Waals surface area contributed by atoms with Gasteiger partial charge in [-0.25, -0.2) is 0 Å². The van der Waals surface area contributed by atoms with E-state index in [4.69, 9.17) is 27.9 Å². The highest BCUT2D eigenvalue weighted by atomic mass is 35.5. The van der Waals surface area contributed by atoms with Crippen LogP contribution in [0.25, 0.3) is 0 Å². The van der Waals surface area contributed by atoms with Gasteiger partial charge in [-0.1, -0.05) is 53.5 Å². The lowest BCUT2D eigenvalue weighted by Gasteiger charge is -2.34. The van der Waals surface area contributed by atoms with Gasteiger partial charge in [-0.15, -0.1) is 0 Å². The molecule has 3 rings (SSSR count). The largest absolute Gasteiger partial charge is 0.489 e. The first-order chi connectivity index (χ1) is 12.6. The Balaban J connectivity index is 1.45. The summed E-state index contributed by atoms with van der Waals surface area (Å²) < 4.78 is 5.65. The van der Waals surface area contributed by atoms with E-state index >= 15 is 0 Å². The Labute approximate surface area is 165 Å². The molecule has 0 saturated carbocycles. The van der Waals surface area contributed by atoms with Crippen LogP contribution in [0.4, 0.5) is 0 Å².